The zero-order chi connectivity index (χ0) is 31.1. The standard InChI is InChI=1S/C30H34O11S2/c31-27(32)11-13-29(35)40-23(21-42-25-7-3-1-4-8-25)19-38-17-15-37-16-18-39-20-24(41-30(36)14-12-28(33)34)22-43-26-9-5-2-6-10-26/h1-14,23-24H,15-22H2,(H,31,32)(H,33,34). The SMILES string of the molecule is O=C(O)C=CC(=O)OC(COCCOCCOCC(CSc1ccccc1)OC(=O)C=CC(=O)O)CSc1ccccc1. The van der Waals surface area contributed by atoms with E-state index in [2.05, 4.69) is 0 Å². The van der Waals surface area contributed by atoms with Crippen LogP contribution in [-0.2, 0) is 42.9 Å². The molecule has 2 unspecified atom stereocenters. The van der Waals surface area contributed by atoms with Crippen LogP contribution in [0.15, 0.2) is 94.8 Å². The first kappa shape index (κ1) is 35.6. The Balaban J connectivity index is 1.69. The third-order valence-corrected chi connectivity index (χ3v) is 7.29. The number of carbonyl (C=O) groups excluding carboxylic acids is 2. The van der Waals surface area contributed by atoms with Crippen molar-refractivity contribution in [3.8, 4) is 0 Å². The highest BCUT2D eigenvalue weighted by Gasteiger charge is 2.16. The largest absolute Gasteiger partial charge is 0.478 e. The maximum absolute atomic E-state index is 12.0. The summed E-state index contributed by atoms with van der Waals surface area (Å²) in [5.41, 5.74) is 0. The van der Waals surface area contributed by atoms with E-state index in [0.717, 1.165) is 21.9 Å². The van der Waals surface area contributed by atoms with E-state index in [1.165, 1.54) is 23.5 Å². The van der Waals surface area contributed by atoms with E-state index < -0.39 is 36.1 Å². The molecule has 0 aliphatic rings. The summed E-state index contributed by atoms with van der Waals surface area (Å²) in [5.74, 6) is -3.23. The van der Waals surface area contributed by atoms with Crippen molar-refractivity contribution in [1.82, 2.24) is 0 Å². The van der Waals surface area contributed by atoms with Gasteiger partial charge in [0.1, 0.15) is 12.2 Å². The molecular formula is C30H34O11S2. The Labute approximate surface area is 258 Å². The Hall–Kier alpha value is -3.62. The summed E-state index contributed by atoms with van der Waals surface area (Å²) < 4.78 is 27.4. The number of hydrogen-bond donors (Lipinski definition) is 2. The fourth-order valence-corrected chi connectivity index (χ4v) is 4.88. The number of thioether (sulfide) groups is 2. The number of esters is 2. The van der Waals surface area contributed by atoms with E-state index in [1.807, 2.05) is 60.7 Å². The third-order valence-electron chi connectivity index (χ3n) is 5.00. The van der Waals surface area contributed by atoms with Crippen LogP contribution in [0.3, 0.4) is 0 Å². The van der Waals surface area contributed by atoms with E-state index in [0.29, 0.717) is 23.7 Å². The molecule has 2 aromatic carbocycles. The molecule has 232 valence electrons. The molecule has 11 nitrogen and oxygen atoms in total. The molecule has 0 aliphatic heterocycles. The maximum atomic E-state index is 12.0. The number of benzene rings is 2. The fourth-order valence-electron chi connectivity index (χ4n) is 3.10. The van der Waals surface area contributed by atoms with Gasteiger partial charge in [-0.2, -0.15) is 0 Å². The third kappa shape index (κ3) is 18.5. The Kier molecular flexibility index (Phi) is 18.2. The molecule has 43 heavy (non-hydrogen) atoms. The molecule has 2 N–H and O–H groups in total. The average Bonchev–Trinajstić information content (AvgIpc) is 3.00. The van der Waals surface area contributed by atoms with E-state index in [9.17, 15) is 19.2 Å². The highest BCUT2D eigenvalue weighted by molar-refractivity contribution is 7.99. The van der Waals surface area contributed by atoms with E-state index in [-0.39, 0.29) is 39.6 Å². The van der Waals surface area contributed by atoms with Gasteiger partial charge in [0.25, 0.3) is 0 Å². The summed E-state index contributed by atoms with van der Waals surface area (Å²) in [4.78, 5) is 47.2. The molecule has 0 saturated carbocycles. The van der Waals surface area contributed by atoms with Gasteiger partial charge >= 0.3 is 23.9 Å². The Morgan fingerprint density at radius 1 is 0.581 bits per heavy atom. The summed E-state index contributed by atoms with van der Waals surface area (Å²) in [7, 11) is 0. The van der Waals surface area contributed by atoms with Gasteiger partial charge in [0.15, 0.2) is 0 Å². The Morgan fingerprint density at radius 3 is 1.33 bits per heavy atom. The molecule has 0 aliphatic carbocycles. The van der Waals surface area contributed by atoms with E-state index in [4.69, 9.17) is 33.9 Å². The van der Waals surface area contributed by atoms with Gasteiger partial charge in [-0.05, 0) is 24.3 Å². The van der Waals surface area contributed by atoms with E-state index >= 15 is 0 Å². The lowest BCUT2D eigenvalue weighted by atomic mass is 10.4. The smallest absolute Gasteiger partial charge is 0.331 e. The van der Waals surface area contributed by atoms with Crippen LogP contribution in [0.2, 0.25) is 0 Å². The second-order valence-electron chi connectivity index (χ2n) is 8.47. The quantitative estimate of drug-likeness (QED) is 0.0837. The molecule has 2 atom stereocenters. The van der Waals surface area contributed by atoms with E-state index in [1.54, 1.807) is 0 Å². The van der Waals surface area contributed by atoms with Crippen molar-refractivity contribution in [3.05, 3.63) is 85.0 Å². The zero-order valence-corrected chi connectivity index (χ0v) is 24.9. The van der Waals surface area contributed by atoms with Crippen LogP contribution >= 0.6 is 23.5 Å². The van der Waals surface area contributed by atoms with Crippen LogP contribution in [0.5, 0.6) is 0 Å². The van der Waals surface area contributed by atoms with Gasteiger partial charge in [0, 0.05) is 45.6 Å². The molecule has 0 fully saturated rings. The second-order valence-corrected chi connectivity index (χ2v) is 10.7. The molecule has 0 spiro atoms. The number of carbonyl (C=O) groups is 4. The first-order valence-corrected chi connectivity index (χ1v) is 15.1. The van der Waals surface area contributed by atoms with Crippen molar-refractivity contribution < 1.29 is 53.1 Å². The van der Waals surface area contributed by atoms with Gasteiger partial charge in [-0.1, -0.05) is 36.4 Å². The van der Waals surface area contributed by atoms with Gasteiger partial charge in [-0.25, -0.2) is 19.2 Å². The average molecular weight is 635 g/mol. The highest BCUT2D eigenvalue weighted by Crippen LogP contribution is 2.20. The number of ether oxygens (including phenoxy) is 5. The summed E-state index contributed by atoms with van der Waals surface area (Å²) in [6, 6.07) is 19.1. The fraction of sp³-hybridized carbons (Fsp3) is 0.333. The summed E-state index contributed by atoms with van der Waals surface area (Å²) in [5, 5.41) is 17.4. The molecule has 0 bridgehead atoms. The molecule has 0 radical (unpaired) electrons. The number of carboxylic acid groups (broad SMARTS) is 2. The topological polar surface area (TPSA) is 155 Å². The molecule has 0 heterocycles. The molecule has 0 amide bonds. The van der Waals surface area contributed by atoms with Crippen molar-refractivity contribution in [2.45, 2.75) is 22.0 Å². The van der Waals surface area contributed by atoms with Gasteiger partial charge < -0.3 is 33.9 Å². The zero-order valence-electron chi connectivity index (χ0n) is 23.3. The van der Waals surface area contributed by atoms with Crippen molar-refractivity contribution in [1.29, 1.82) is 0 Å². The van der Waals surface area contributed by atoms with Crippen LogP contribution in [-0.4, -0.2) is 97.4 Å². The molecule has 2 rings (SSSR count). The van der Waals surface area contributed by atoms with Crippen LogP contribution in [0.4, 0.5) is 0 Å². The minimum Gasteiger partial charge on any atom is -0.478 e. The molecular weight excluding hydrogens is 600 g/mol. The van der Waals surface area contributed by atoms with Crippen molar-refractivity contribution in [2.75, 3.05) is 51.1 Å². The molecule has 0 saturated heterocycles. The number of carboxylic acids is 2. The number of rotatable bonds is 22. The predicted octanol–water partition coefficient (Wildman–Crippen LogP) is 3.73. The van der Waals surface area contributed by atoms with Gasteiger partial charge in [0.05, 0.1) is 39.6 Å². The van der Waals surface area contributed by atoms with Crippen molar-refractivity contribution in [2.24, 2.45) is 0 Å². The first-order valence-electron chi connectivity index (χ1n) is 13.1. The predicted molar refractivity (Wildman–Crippen MR) is 160 cm³/mol. The van der Waals surface area contributed by atoms with Crippen LogP contribution in [0, 0.1) is 0 Å². The van der Waals surface area contributed by atoms with Gasteiger partial charge in [-0.3, -0.25) is 0 Å². The Morgan fingerprint density at radius 2 is 0.953 bits per heavy atom. The van der Waals surface area contributed by atoms with Gasteiger partial charge in [-0.15, -0.1) is 23.5 Å². The lowest BCUT2D eigenvalue weighted by Crippen LogP contribution is -2.27. The molecule has 2 aromatic rings. The monoisotopic (exact) mass is 634 g/mol. The minimum atomic E-state index is -1.25. The summed E-state index contributed by atoms with van der Waals surface area (Å²) >= 11 is 2.95. The normalized spacial score (nSPS) is 12.7. The lowest BCUT2D eigenvalue weighted by Gasteiger charge is -2.18. The van der Waals surface area contributed by atoms with Crippen molar-refractivity contribution >= 4 is 47.4 Å². The second kappa shape index (κ2) is 22.0. The summed E-state index contributed by atoms with van der Waals surface area (Å²) in [6.07, 6.45) is 1.90. The lowest BCUT2D eigenvalue weighted by molar-refractivity contribution is -0.145. The molecule has 0 aromatic heterocycles. The van der Waals surface area contributed by atoms with Crippen molar-refractivity contribution in [3.63, 3.8) is 0 Å². The van der Waals surface area contributed by atoms with Gasteiger partial charge in [0.2, 0.25) is 0 Å². The van der Waals surface area contributed by atoms with Crippen LogP contribution in [0.1, 0.15) is 0 Å². The first-order chi connectivity index (χ1) is 20.8. The number of aliphatic carboxylic acids is 2. The number of hydrogen-bond acceptors (Lipinski definition) is 11. The Bertz CT molecular complexity index is 1080. The molecule has 13 heteroatoms. The maximum Gasteiger partial charge on any atom is 0.331 e. The highest BCUT2D eigenvalue weighted by atomic mass is 32.2. The van der Waals surface area contributed by atoms with Crippen LogP contribution in [0.25, 0.3) is 0 Å². The minimum absolute atomic E-state index is 0.0921. The van der Waals surface area contributed by atoms with Crippen LogP contribution < -0.4 is 0 Å². The summed E-state index contributed by atoms with van der Waals surface area (Å²) in [6.45, 7) is 1.12.